The predicted octanol–water partition coefficient (Wildman–Crippen LogP) is 1.15. The van der Waals surface area contributed by atoms with E-state index >= 15 is 0 Å². The summed E-state index contributed by atoms with van der Waals surface area (Å²) in [5.74, 6) is -0.0446. The molecule has 2 amide bonds. The molecule has 0 heterocycles. The van der Waals surface area contributed by atoms with Crippen molar-refractivity contribution in [3.05, 3.63) is 0 Å². The maximum absolute atomic E-state index is 11.3. The van der Waals surface area contributed by atoms with Crippen LogP contribution in [0.3, 0.4) is 0 Å². The lowest BCUT2D eigenvalue weighted by Gasteiger charge is -2.04. The van der Waals surface area contributed by atoms with Crippen LogP contribution < -0.4 is 10.6 Å². The van der Waals surface area contributed by atoms with E-state index in [1.54, 1.807) is 5.37 Å². The first-order chi connectivity index (χ1) is 9.20. The van der Waals surface area contributed by atoms with E-state index in [1.807, 2.05) is 0 Å². The Morgan fingerprint density at radius 2 is 1.63 bits per heavy atom. The summed E-state index contributed by atoms with van der Waals surface area (Å²) in [5, 5.41) is 6.95. The van der Waals surface area contributed by atoms with Crippen molar-refractivity contribution in [1.29, 1.82) is 0 Å². The number of aldehydes is 1. The second-order valence-electron chi connectivity index (χ2n) is 4.19. The minimum Gasteiger partial charge on any atom is -0.356 e. The molecule has 0 atom stereocenters. The third kappa shape index (κ3) is 12.9. The summed E-state index contributed by atoms with van der Waals surface area (Å²) in [6, 6.07) is 0. The van der Waals surface area contributed by atoms with E-state index in [2.05, 4.69) is 22.9 Å². The molecule has 0 aromatic carbocycles. The number of hydrogen-bond donors (Lipinski definition) is 2. The highest BCUT2D eigenvalue weighted by atomic mass is 32.1. The fourth-order valence-electron chi connectivity index (χ4n) is 1.49. The van der Waals surface area contributed by atoms with Gasteiger partial charge in [-0.3, -0.25) is 9.59 Å². The first-order valence-electron chi connectivity index (χ1n) is 6.61. The molecule has 0 aromatic rings. The fraction of sp³-hybridized carbons (Fsp3) is 0.692. The quantitative estimate of drug-likeness (QED) is 0.320. The maximum atomic E-state index is 11.3. The molecule has 19 heavy (non-hydrogen) atoms. The molecule has 0 radical (unpaired) electrons. The average molecular weight is 286 g/mol. The topological polar surface area (TPSA) is 75.3 Å². The summed E-state index contributed by atoms with van der Waals surface area (Å²) in [6.07, 6.45) is 5.71. The van der Waals surface area contributed by atoms with Gasteiger partial charge in [0.1, 0.15) is 6.29 Å². The lowest BCUT2D eigenvalue weighted by molar-refractivity contribution is -0.122. The highest BCUT2D eigenvalue weighted by Gasteiger charge is 2.01. The summed E-state index contributed by atoms with van der Waals surface area (Å²) in [4.78, 5) is 32.5. The number of hydrogen-bond acceptors (Lipinski definition) is 4. The largest absolute Gasteiger partial charge is 0.356 e. The molecule has 0 fully saturated rings. The molecular formula is C13H22N2O3S. The van der Waals surface area contributed by atoms with Crippen LogP contribution in [-0.4, -0.2) is 36.6 Å². The zero-order valence-electron chi connectivity index (χ0n) is 11.2. The summed E-state index contributed by atoms with van der Waals surface area (Å²) in [6.45, 7) is 0.725. The smallest absolute Gasteiger partial charge is 0.220 e. The molecule has 6 heteroatoms. The Labute approximate surface area is 119 Å². The molecule has 2 N–H and O–H groups in total. The van der Waals surface area contributed by atoms with Crippen LogP contribution in [0.1, 0.15) is 44.9 Å². The molecular weight excluding hydrogens is 264 g/mol. The van der Waals surface area contributed by atoms with Gasteiger partial charge < -0.3 is 15.4 Å². The van der Waals surface area contributed by atoms with Crippen LogP contribution in [0.2, 0.25) is 0 Å². The van der Waals surface area contributed by atoms with Gasteiger partial charge in [-0.25, -0.2) is 0 Å². The van der Waals surface area contributed by atoms with Crippen LogP contribution in [0.4, 0.5) is 0 Å². The molecule has 0 aromatic heterocycles. The van der Waals surface area contributed by atoms with Crippen molar-refractivity contribution < 1.29 is 14.4 Å². The summed E-state index contributed by atoms with van der Waals surface area (Å²) < 4.78 is 0. The van der Waals surface area contributed by atoms with Crippen molar-refractivity contribution in [2.75, 3.05) is 13.1 Å². The number of nitrogens with one attached hydrogen (secondary N) is 2. The summed E-state index contributed by atoms with van der Waals surface area (Å²) >= 11 is 4.68. The number of rotatable bonds is 12. The van der Waals surface area contributed by atoms with Gasteiger partial charge in [0.05, 0.1) is 6.54 Å². The van der Waals surface area contributed by atoms with Crippen LogP contribution >= 0.6 is 12.2 Å². The lowest BCUT2D eigenvalue weighted by Crippen LogP contribution is -2.25. The monoisotopic (exact) mass is 286 g/mol. The lowest BCUT2D eigenvalue weighted by atomic mass is 10.2. The van der Waals surface area contributed by atoms with Crippen LogP contribution in [0, 0.1) is 0 Å². The van der Waals surface area contributed by atoms with Crippen molar-refractivity contribution >= 4 is 35.7 Å². The molecule has 0 saturated carbocycles. The minimum absolute atomic E-state index is 0.0561. The number of carbonyl (C=O) groups excluding carboxylic acids is 3. The van der Waals surface area contributed by atoms with Crippen molar-refractivity contribution in [3.8, 4) is 0 Å². The van der Waals surface area contributed by atoms with E-state index in [1.165, 1.54) is 0 Å². The minimum atomic E-state index is -0.101. The highest BCUT2D eigenvalue weighted by molar-refractivity contribution is 7.78. The van der Waals surface area contributed by atoms with Crippen LogP contribution in [0.5, 0.6) is 0 Å². The third-order valence-corrected chi connectivity index (χ3v) is 2.75. The molecule has 0 bridgehead atoms. The van der Waals surface area contributed by atoms with E-state index in [9.17, 15) is 14.4 Å². The SMILES string of the molecule is O=CCNC(=O)CCCCCNC(=O)CCCC=S. The zero-order valence-corrected chi connectivity index (χ0v) is 12.0. The van der Waals surface area contributed by atoms with Gasteiger partial charge in [-0.05, 0) is 31.1 Å². The van der Waals surface area contributed by atoms with E-state index in [0.29, 0.717) is 25.7 Å². The molecule has 108 valence electrons. The van der Waals surface area contributed by atoms with Crippen molar-refractivity contribution in [2.24, 2.45) is 0 Å². The van der Waals surface area contributed by atoms with Gasteiger partial charge in [0.15, 0.2) is 0 Å². The Morgan fingerprint density at radius 1 is 0.947 bits per heavy atom. The Bertz CT molecular complexity index is 296. The number of amides is 2. The van der Waals surface area contributed by atoms with E-state index in [4.69, 9.17) is 0 Å². The molecule has 0 aliphatic rings. The predicted molar refractivity (Wildman–Crippen MR) is 78.1 cm³/mol. The molecule has 0 spiro atoms. The molecule has 0 saturated heterocycles. The van der Waals surface area contributed by atoms with E-state index < -0.39 is 0 Å². The molecule has 5 nitrogen and oxygen atoms in total. The van der Waals surface area contributed by atoms with Gasteiger partial charge in [-0.1, -0.05) is 18.6 Å². The Balaban J connectivity index is 3.30. The molecule has 0 aliphatic heterocycles. The molecule has 0 aliphatic carbocycles. The standard InChI is InChI=1S/C13H22N2O3S/c16-10-9-15-13(18)6-2-1-4-8-14-12(17)7-3-5-11-19/h10-11H,1-9H2,(H,14,17)(H,15,18). The number of thiocarbonyl (C=S) groups is 1. The number of carbonyl (C=O) groups is 3. The van der Waals surface area contributed by atoms with Crippen molar-refractivity contribution in [1.82, 2.24) is 10.6 Å². The van der Waals surface area contributed by atoms with Gasteiger partial charge in [0.25, 0.3) is 0 Å². The third-order valence-electron chi connectivity index (χ3n) is 2.51. The van der Waals surface area contributed by atoms with Gasteiger partial charge in [0.2, 0.25) is 11.8 Å². The second kappa shape index (κ2) is 13.1. The second-order valence-corrected chi connectivity index (χ2v) is 4.52. The maximum Gasteiger partial charge on any atom is 0.220 e. The van der Waals surface area contributed by atoms with Gasteiger partial charge in [-0.2, -0.15) is 0 Å². The van der Waals surface area contributed by atoms with Crippen LogP contribution in [0.15, 0.2) is 0 Å². The summed E-state index contributed by atoms with van der Waals surface area (Å²) in [7, 11) is 0. The fourth-order valence-corrected chi connectivity index (χ4v) is 1.66. The number of unbranched alkanes of at least 4 members (excludes halogenated alkanes) is 3. The van der Waals surface area contributed by atoms with Gasteiger partial charge in [-0.15, -0.1) is 0 Å². The average Bonchev–Trinajstić information content (AvgIpc) is 2.40. The van der Waals surface area contributed by atoms with Gasteiger partial charge in [0, 0.05) is 19.4 Å². The van der Waals surface area contributed by atoms with E-state index in [-0.39, 0.29) is 18.4 Å². The zero-order chi connectivity index (χ0) is 14.3. The van der Waals surface area contributed by atoms with Crippen LogP contribution in [0.25, 0.3) is 0 Å². The summed E-state index contributed by atoms with van der Waals surface area (Å²) in [5.41, 5.74) is 0. The Kier molecular flexibility index (Phi) is 12.2. The van der Waals surface area contributed by atoms with Crippen LogP contribution in [-0.2, 0) is 14.4 Å². The van der Waals surface area contributed by atoms with Crippen molar-refractivity contribution in [3.63, 3.8) is 0 Å². The first kappa shape index (κ1) is 17.7. The highest BCUT2D eigenvalue weighted by Crippen LogP contribution is 1.99. The van der Waals surface area contributed by atoms with Crippen molar-refractivity contribution in [2.45, 2.75) is 44.9 Å². The molecule has 0 rings (SSSR count). The Hall–Kier alpha value is -1.30. The van der Waals surface area contributed by atoms with E-state index in [0.717, 1.165) is 32.1 Å². The van der Waals surface area contributed by atoms with Gasteiger partial charge >= 0.3 is 0 Å². The Morgan fingerprint density at radius 3 is 2.32 bits per heavy atom. The molecule has 0 unspecified atom stereocenters. The normalized spacial score (nSPS) is 9.68. The first-order valence-corrected chi connectivity index (χ1v) is 7.08.